The molecule has 0 aromatic heterocycles. The summed E-state index contributed by atoms with van der Waals surface area (Å²) in [5.41, 5.74) is -0.737. The van der Waals surface area contributed by atoms with Crippen molar-refractivity contribution in [2.24, 2.45) is 0 Å². The minimum absolute atomic E-state index is 0.0941. The molecule has 0 aliphatic carbocycles. The van der Waals surface area contributed by atoms with Gasteiger partial charge in [-0.2, -0.15) is 0 Å². The molecule has 0 N–H and O–H groups in total. The van der Waals surface area contributed by atoms with Gasteiger partial charge in [0.15, 0.2) is 0 Å². The van der Waals surface area contributed by atoms with Gasteiger partial charge in [0.2, 0.25) is 6.04 Å². The zero-order valence-corrected chi connectivity index (χ0v) is 12.9. The number of carbonyl (C=O) groups is 3. The van der Waals surface area contributed by atoms with Gasteiger partial charge in [-0.1, -0.05) is 0 Å². The molecule has 0 rings (SSSR count). The minimum atomic E-state index is -1.47. The van der Waals surface area contributed by atoms with Gasteiger partial charge >= 0.3 is 18.0 Å². The summed E-state index contributed by atoms with van der Waals surface area (Å²) in [7, 11) is 1.28. The van der Waals surface area contributed by atoms with Crippen LogP contribution in [0.5, 0.6) is 0 Å². The maximum atomic E-state index is 11.9. The van der Waals surface area contributed by atoms with E-state index in [9.17, 15) is 14.4 Å². The van der Waals surface area contributed by atoms with E-state index in [1.807, 2.05) is 0 Å². The Kier molecular flexibility index (Phi) is 7.02. The third-order valence-electron chi connectivity index (χ3n) is 2.09. The van der Waals surface area contributed by atoms with Crippen LogP contribution in [0, 0.1) is 0 Å². The predicted molar refractivity (Wildman–Crippen MR) is 71.1 cm³/mol. The van der Waals surface area contributed by atoms with E-state index in [-0.39, 0.29) is 13.2 Å². The Bertz CT molecular complexity index is 342. The summed E-state index contributed by atoms with van der Waals surface area (Å²) in [4.78, 5) is 36.4. The number of rotatable bonds is 5. The summed E-state index contributed by atoms with van der Waals surface area (Å²) in [6.45, 7) is 8.45. The van der Waals surface area contributed by atoms with E-state index < -0.39 is 29.7 Å². The van der Waals surface area contributed by atoms with Crippen LogP contribution in [0.3, 0.4) is 0 Å². The molecule has 0 bridgehead atoms. The van der Waals surface area contributed by atoms with Gasteiger partial charge in [0.25, 0.3) is 0 Å². The van der Waals surface area contributed by atoms with Gasteiger partial charge < -0.3 is 14.2 Å². The molecule has 0 atom stereocenters. The van der Waals surface area contributed by atoms with E-state index in [4.69, 9.17) is 14.2 Å². The van der Waals surface area contributed by atoms with E-state index in [0.717, 1.165) is 4.90 Å². The van der Waals surface area contributed by atoms with Crippen molar-refractivity contribution in [1.82, 2.24) is 4.90 Å². The second-order valence-corrected chi connectivity index (χ2v) is 5.00. The van der Waals surface area contributed by atoms with E-state index in [0.29, 0.717) is 0 Å². The first kappa shape index (κ1) is 18.2. The number of hydrogen-bond donors (Lipinski definition) is 0. The molecular weight excluding hydrogens is 266 g/mol. The summed E-state index contributed by atoms with van der Waals surface area (Å²) in [5.74, 6) is -1.70. The highest BCUT2D eigenvalue weighted by atomic mass is 16.6. The quantitative estimate of drug-likeness (QED) is 0.431. The maximum absolute atomic E-state index is 11.9. The lowest BCUT2D eigenvalue weighted by atomic mass is 10.2. The average molecular weight is 289 g/mol. The molecule has 0 aromatic carbocycles. The molecule has 0 spiro atoms. The van der Waals surface area contributed by atoms with Crippen LogP contribution in [0.15, 0.2) is 0 Å². The number of likely N-dealkylation sites (N-methyl/N-ethyl adjacent to an activating group) is 1. The van der Waals surface area contributed by atoms with Gasteiger partial charge in [-0.15, -0.1) is 0 Å². The van der Waals surface area contributed by atoms with Crippen molar-refractivity contribution in [1.29, 1.82) is 0 Å². The number of hydrogen-bond acceptors (Lipinski definition) is 6. The lowest BCUT2D eigenvalue weighted by Crippen LogP contribution is -2.50. The fourth-order valence-electron chi connectivity index (χ4n) is 1.29. The van der Waals surface area contributed by atoms with Crippen molar-refractivity contribution < 1.29 is 28.6 Å². The lowest BCUT2D eigenvalue weighted by molar-refractivity contribution is -0.162. The Balaban J connectivity index is 5.06. The van der Waals surface area contributed by atoms with Crippen LogP contribution < -0.4 is 0 Å². The second-order valence-electron chi connectivity index (χ2n) is 5.00. The topological polar surface area (TPSA) is 82.1 Å². The highest BCUT2D eigenvalue weighted by molar-refractivity contribution is 6.01. The maximum Gasteiger partial charge on any atom is 0.411 e. The van der Waals surface area contributed by atoms with Gasteiger partial charge in [0, 0.05) is 7.05 Å². The average Bonchev–Trinajstić information content (AvgIpc) is 2.27. The van der Waals surface area contributed by atoms with Crippen molar-refractivity contribution in [3.8, 4) is 0 Å². The zero-order valence-electron chi connectivity index (χ0n) is 12.9. The monoisotopic (exact) mass is 289 g/mol. The molecule has 7 nitrogen and oxygen atoms in total. The van der Waals surface area contributed by atoms with Crippen molar-refractivity contribution in [3.63, 3.8) is 0 Å². The van der Waals surface area contributed by atoms with Gasteiger partial charge in [-0.05, 0) is 34.6 Å². The summed E-state index contributed by atoms with van der Waals surface area (Å²) in [6.07, 6.45) is -0.802. The normalized spacial score (nSPS) is 10.9. The van der Waals surface area contributed by atoms with Crippen LogP contribution in [-0.4, -0.2) is 54.8 Å². The number of amides is 1. The van der Waals surface area contributed by atoms with Crippen LogP contribution in [-0.2, 0) is 23.8 Å². The van der Waals surface area contributed by atoms with Gasteiger partial charge in [0.1, 0.15) is 5.60 Å². The first-order valence-electron chi connectivity index (χ1n) is 6.43. The Hall–Kier alpha value is -1.79. The third kappa shape index (κ3) is 5.90. The predicted octanol–water partition coefficient (Wildman–Crippen LogP) is 1.35. The molecule has 0 heterocycles. The Morgan fingerprint density at radius 3 is 1.70 bits per heavy atom. The molecular formula is C13H23NO6. The summed E-state index contributed by atoms with van der Waals surface area (Å²) < 4.78 is 14.7. The smallest absolute Gasteiger partial charge is 0.411 e. The van der Waals surface area contributed by atoms with E-state index in [2.05, 4.69) is 0 Å². The SMILES string of the molecule is CCOC(=O)C(C(=O)OCC)N(C)C(=O)OC(C)(C)C. The lowest BCUT2D eigenvalue weighted by Gasteiger charge is -2.28. The van der Waals surface area contributed by atoms with Crippen molar-refractivity contribution in [2.75, 3.05) is 20.3 Å². The van der Waals surface area contributed by atoms with Crippen LogP contribution in [0.4, 0.5) is 4.79 Å². The molecule has 0 aliphatic rings. The fourth-order valence-corrected chi connectivity index (χ4v) is 1.29. The van der Waals surface area contributed by atoms with Gasteiger partial charge in [0.05, 0.1) is 13.2 Å². The third-order valence-corrected chi connectivity index (χ3v) is 2.09. The van der Waals surface area contributed by atoms with Gasteiger partial charge in [-0.25, -0.2) is 14.4 Å². The molecule has 20 heavy (non-hydrogen) atoms. The van der Waals surface area contributed by atoms with Crippen molar-refractivity contribution in [3.05, 3.63) is 0 Å². The van der Waals surface area contributed by atoms with Crippen LogP contribution >= 0.6 is 0 Å². The Morgan fingerprint density at radius 2 is 1.40 bits per heavy atom. The standard InChI is InChI=1S/C13H23NO6/c1-7-18-10(15)9(11(16)19-8-2)14(6)12(17)20-13(3,4)5/h9H,7-8H2,1-6H3. The molecule has 0 aromatic rings. The number of nitrogens with zero attached hydrogens (tertiary/aromatic N) is 1. The Labute approximate surface area is 119 Å². The second kappa shape index (κ2) is 7.72. The summed E-state index contributed by atoms with van der Waals surface area (Å²) in [5, 5.41) is 0. The van der Waals surface area contributed by atoms with Crippen molar-refractivity contribution in [2.45, 2.75) is 46.3 Å². The summed E-state index contributed by atoms with van der Waals surface area (Å²) >= 11 is 0. The molecule has 7 heteroatoms. The van der Waals surface area contributed by atoms with Crippen LogP contribution in [0.25, 0.3) is 0 Å². The molecule has 0 aliphatic heterocycles. The fraction of sp³-hybridized carbons (Fsp3) is 0.769. The highest BCUT2D eigenvalue weighted by Gasteiger charge is 2.38. The molecule has 1 amide bonds. The van der Waals surface area contributed by atoms with Crippen LogP contribution in [0.1, 0.15) is 34.6 Å². The molecule has 0 unspecified atom stereocenters. The number of ether oxygens (including phenoxy) is 3. The van der Waals surface area contributed by atoms with Crippen LogP contribution in [0.2, 0.25) is 0 Å². The van der Waals surface area contributed by atoms with E-state index in [1.54, 1.807) is 34.6 Å². The molecule has 0 fully saturated rings. The molecule has 0 saturated heterocycles. The molecule has 0 radical (unpaired) electrons. The molecule has 0 saturated carbocycles. The summed E-state index contributed by atoms with van der Waals surface area (Å²) in [6, 6.07) is -1.47. The van der Waals surface area contributed by atoms with E-state index >= 15 is 0 Å². The first-order chi connectivity index (χ1) is 9.14. The highest BCUT2D eigenvalue weighted by Crippen LogP contribution is 2.12. The Morgan fingerprint density at radius 1 is 1.00 bits per heavy atom. The van der Waals surface area contributed by atoms with E-state index in [1.165, 1.54) is 7.05 Å². The van der Waals surface area contributed by atoms with Crippen molar-refractivity contribution >= 4 is 18.0 Å². The number of carbonyl (C=O) groups excluding carboxylic acids is 3. The first-order valence-corrected chi connectivity index (χ1v) is 6.43. The molecule has 116 valence electrons. The van der Waals surface area contributed by atoms with Gasteiger partial charge in [-0.3, -0.25) is 4.90 Å². The largest absolute Gasteiger partial charge is 0.464 e. The number of esters is 2. The zero-order chi connectivity index (χ0) is 15.9. The minimum Gasteiger partial charge on any atom is -0.464 e.